The first kappa shape index (κ1) is 24.3. The summed E-state index contributed by atoms with van der Waals surface area (Å²) >= 11 is -4.78. The van der Waals surface area contributed by atoms with Gasteiger partial charge in [0.25, 0.3) is 0 Å². The summed E-state index contributed by atoms with van der Waals surface area (Å²) in [6, 6.07) is 0. The molecule has 14 heavy (non-hydrogen) atoms. The number of nitriles is 5. The van der Waals surface area contributed by atoms with E-state index in [4.69, 9.17) is 26.3 Å². The molecule has 0 atom stereocenters. The zero-order valence-electron chi connectivity index (χ0n) is 8.09. The Morgan fingerprint density at radius 1 is 0.500 bits per heavy atom. The van der Waals surface area contributed by atoms with Crippen LogP contribution in [0.5, 0.6) is 0 Å². The molecule has 0 bridgehead atoms. The van der Waals surface area contributed by atoms with Crippen LogP contribution in [-0.2, 0) is 11.8 Å². The van der Waals surface area contributed by atoms with Gasteiger partial charge in [0.1, 0.15) is 0 Å². The van der Waals surface area contributed by atoms with Gasteiger partial charge in [-0.15, -0.1) is 0 Å². The van der Waals surface area contributed by atoms with Crippen molar-refractivity contribution in [1.29, 1.82) is 26.3 Å². The molecule has 9 heteroatoms. The van der Waals surface area contributed by atoms with Crippen LogP contribution in [0.1, 0.15) is 0 Å². The van der Waals surface area contributed by atoms with Crippen LogP contribution in [0.3, 0.4) is 0 Å². The van der Waals surface area contributed by atoms with Crippen LogP contribution in [0.15, 0.2) is 0 Å². The Morgan fingerprint density at radius 2 is 0.643 bits per heavy atom. The molecule has 0 rings (SSSR count). The van der Waals surface area contributed by atoms with Gasteiger partial charge in [-0.3, -0.25) is 0 Å². The van der Waals surface area contributed by atoms with Crippen LogP contribution >= 0.6 is 0 Å². The monoisotopic (exact) mass is 255 g/mol. The van der Waals surface area contributed by atoms with E-state index < -0.39 is 11.8 Å². The average Bonchev–Trinajstić information content (AvgIpc) is 2.12. The van der Waals surface area contributed by atoms with Gasteiger partial charge in [-0.05, 0) is 0 Å². The summed E-state index contributed by atoms with van der Waals surface area (Å²) in [5.74, 6) is 0. The Hall–Kier alpha value is 0.969. The van der Waals surface area contributed by atoms with E-state index in [2.05, 4.69) is 0 Å². The van der Waals surface area contributed by atoms with E-state index in [0.717, 1.165) is 0 Å². The Balaban J connectivity index is -0.000000167. The van der Waals surface area contributed by atoms with Crippen LogP contribution in [0.25, 0.3) is 0 Å². The van der Waals surface area contributed by atoms with Crippen LogP contribution < -0.4 is 88.7 Å². The Kier molecular flexibility index (Phi) is 16.0. The van der Waals surface area contributed by atoms with E-state index in [9.17, 15) is 0 Å². The van der Waals surface area contributed by atoms with Crippen LogP contribution in [0.4, 0.5) is 0 Å². The molecule has 0 heterocycles. The van der Waals surface area contributed by atoms with E-state index in [1.165, 1.54) is 24.8 Å². The predicted molar refractivity (Wildman–Crippen MR) is 28.1 cm³/mol. The van der Waals surface area contributed by atoms with E-state index in [0.29, 0.717) is 0 Å². The molecule has 0 amide bonds. The molecule has 56 valence electrons. The third-order valence-corrected chi connectivity index (χ3v) is 3.26. The summed E-state index contributed by atoms with van der Waals surface area (Å²) in [5.41, 5.74) is 0. The van der Waals surface area contributed by atoms with Crippen molar-refractivity contribution in [3.63, 3.8) is 0 Å². The van der Waals surface area contributed by atoms with Gasteiger partial charge < -0.3 is 0 Å². The Morgan fingerprint density at radius 3 is 0.643 bits per heavy atom. The average molecular weight is 255 g/mol. The fourth-order valence-corrected chi connectivity index (χ4v) is 0.729. The van der Waals surface area contributed by atoms with Crippen LogP contribution in [0, 0.1) is 51.1 Å². The second-order valence-corrected chi connectivity index (χ2v) is 5.27. The molecule has 0 aromatic heterocycles. The molecule has 0 radical (unpaired) electrons. The first-order valence-electron chi connectivity index (χ1n) is 2.00. The molecule has 5 nitrogen and oxygen atoms in total. The van der Waals surface area contributed by atoms with E-state index in [1.807, 2.05) is 0 Å². The third kappa shape index (κ3) is 4.23. The zero-order valence-corrected chi connectivity index (χ0v) is 15.2. The molecule has 0 unspecified atom stereocenters. The fourth-order valence-electron chi connectivity index (χ4n) is 0.177. The number of hydrogen-bond acceptors (Lipinski definition) is 5. The first-order valence-corrected chi connectivity index (χ1v) is 4.76. The van der Waals surface area contributed by atoms with Crippen LogP contribution in [-0.4, -0.2) is 0 Å². The minimum Gasteiger partial charge on any atom is 1.00 e. The van der Waals surface area contributed by atoms with Crippen molar-refractivity contribution in [3.05, 3.63) is 0 Å². The van der Waals surface area contributed by atoms with Crippen molar-refractivity contribution in [2.75, 3.05) is 0 Å². The molecular weight excluding hydrogens is 255 g/mol. The van der Waals surface area contributed by atoms with Crippen molar-refractivity contribution in [3.8, 4) is 24.8 Å². The summed E-state index contributed by atoms with van der Waals surface area (Å²) in [6.45, 7) is 0. The predicted octanol–water partition coefficient (Wildman–Crippen LogP) is -8.91. The standard InChI is InChI=1S/5CN.Fe.3Na/c5*1-2;;;;/q;;;;;-3;3*+1. The molecule has 0 fully saturated rings. The minimum absolute atomic E-state index is 0. The third-order valence-electron chi connectivity index (χ3n) is 0.791. The molecule has 0 N–H and O–H groups in total. The van der Waals surface area contributed by atoms with Crippen molar-refractivity contribution in [1.82, 2.24) is 0 Å². The van der Waals surface area contributed by atoms with Gasteiger partial charge in [0.2, 0.25) is 0 Å². The van der Waals surface area contributed by atoms with E-state index in [1.54, 1.807) is 0 Å². The van der Waals surface area contributed by atoms with Gasteiger partial charge in [0.05, 0.1) is 0 Å². The summed E-state index contributed by atoms with van der Waals surface area (Å²) in [7, 11) is 0. The quantitative estimate of drug-likeness (QED) is 0.398. The fraction of sp³-hybridized carbons (Fsp3) is 0. The Bertz CT molecular complexity index is 301. The van der Waals surface area contributed by atoms with E-state index >= 15 is 0 Å². The topological polar surface area (TPSA) is 119 Å². The van der Waals surface area contributed by atoms with Gasteiger partial charge in [-0.2, -0.15) is 0 Å². The van der Waals surface area contributed by atoms with Gasteiger partial charge in [-0.1, -0.05) is 0 Å². The zero-order chi connectivity index (χ0) is 8.98. The number of hydrogen-bond donors (Lipinski definition) is 0. The van der Waals surface area contributed by atoms with Gasteiger partial charge in [0.15, 0.2) is 0 Å². The first-order chi connectivity index (χ1) is 5.12. The summed E-state index contributed by atoms with van der Waals surface area (Å²) < 4.78 is 0. The summed E-state index contributed by atoms with van der Waals surface area (Å²) in [4.78, 5) is 6.12. The van der Waals surface area contributed by atoms with Gasteiger partial charge >= 0.3 is 152 Å². The normalized spacial score (nSPS) is 8.93. The van der Waals surface area contributed by atoms with Crippen LogP contribution in [0.2, 0.25) is 0 Å². The SMILES string of the molecule is N#[C][Fe-3]([C]#N)([C]#N)([C]#N)[C]#N.[Na+].[Na+].[Na+]. The van der Waals surface area contributed by atoms with E-state index in [-0.39, 0.29) is 88.7 Å². The maximum absolute atomic E-state index is 8.35. The maximum atomic E-state index is 8.35. The molecule has 0 aromatic rings. The number of rotatable bonds is 0. The molecule has 0 aliphatic heterocycles. The second-order valence-electron chi connectivity index (χ2n) is 1.28. The maximum Gasteiger partial charge on any atom is 1.00 e. The van der Waals surface area contributed by atoms with Gasteiger partial charge in [-0.25, -0.2) is 0 Å². The second kappa shape index (κ2) is 9.21. The molecule has 0 spiro atoms. The minimum atomic E-state index is -4.78. The summed E-state index contributed by atoms with van der Waals surface area (Å²) in [6.07, 6.45) is 0. The molecule has 0 aromatic carbocycles. The molecule has 0 saturated carbocycles. The smallest absolute Gasteiger partial charge is 1.00 e. The molecule has 0 saturated heterocycles. The van der Waals surface area contributed by atoms with Crippen molar-refractivity contribution < 1.29 is 100 Å². The number of nitrogens with zero attached hydrogens (tertiary/aromatic N) is 5. The summed E-state index contributed by atoms with van der Waals surface area (Å²) in [5, 5.41) is 41.8. The van der Waals surface area contributed by atoms with Crippen molar-refractivity contribution >= 4 is 0 Å². The largest absolute Gasteiger partial charge is 1.00 e. The molecule has 0 aliphatic carbocycles. The Labute approximate surface area is 149 Å². The van der Waals surface area contributed by atoms with Crippen molar-refractivity contribution in [2.45, 2.75) is 0 Å². The van der Waals surface area contributed by atoms with Gasteiger partial charge in [0, 0.05) is 0 Å². The molecular formula is C5FeN5Na3. The molecule has 0 aliphatic rings. The van der Waals surface area contributed by atoms with Crippen molar-refractivity contribution in [2.24, 2.45) is 0 Å².